The Balaban J connectivity index is 2.38. The van der Waals surface area contributed by atoms with Crippen molar-refractivity contribution in [3.05, 3.63) is 58.1 Å². The first-order valence-electron chi connectivity index (χ1n) is 6.03. The number of hydrogen-bond donors (Lipinski definition) is 1. The molecule has 0 fully saturated rings. The predicted octanol–water partition coefficient (Wildman–Crippen LogP) is 4.44. The number of H-pyrrole nitrogens is 1. The van der Waals surface area contributed by atoms with E-state index >= 15 is 0 Å². The van der Waals surface area contributed by atoms with Gasteiger partial charge in [0.15, 0.2) is 4.77 Å². The quantitative estimate of drug-likeness (QED) is 0.649. The lowest BCUT2D eigenvalue weighted by molar-refractivity contribution is 0.625. The Kier molecular flexibility index (Phi) is 2.75. The number of aromatic amines is 1. The Labute approximate surface area is 115 Å². The summed E-state index contributed by atoms with van der Waals surface area (Å²) < 4.78 is 16.0. The van der Waals surface area contributed by atoms with Crippen LogP contribution in [-0.2, 0) is 0 Å². The summed E-state index contributed by atoms with van der Waals surface area (Å²) in [6.45, 7) is 3.90. The minimum absolute atomic E-state index is 0.251. The summed E-state index contributed by atoms with van der Waals surface area (Å²) in [7, 11) is 0. The second-order valence-electron chi connectivity index (χ2n) is 4.77. The molecule has 3 rings (SSSR count). The SMILES string of the molecule is Cc1cc(F)cc(-n2c(=S)[nH]c3ccc(C)cc32)c1. The van der Waals surface area contributed by atoms with Gasteiger partial charge in [-0.1, -0.05) is 6.07 Å². The summed E-state index contributed by atoms with van der Waals surface area (Å²) in [5, 5.41) is 0. The summed E-state index contributed by atoms with van der Waals surface area (Å²) in [6, 6.07) is 11.0. The number of halogens is 1. The molecule has 4 heteroatoms. The molecule has 0 bridgehead atoms. The standard InChI is InChI=1S/C15H13FN2S/c1-9-3-4-13-14(7-9)18(15(19)17-13)12-6-10(2)5-11(16)8-12/h3-8H,1-2H3,(H,17,19). The fourth-order valence-electron chi connectivity index (χ4n) is 2.32. The molecule has 1 heterocycles. The monoisotopic (exact) mass is 272 g/mol. The number of aryl methyl sites for hydroxylation is 2. The van der Waals surface area contributed by atoms with E-state index in [1.54, 1.807) is 0 Å². The van der Waals surface area contributed by atoms with E-state index < -0.39 is 0 Å². The van der Waals surface area contributed by atoms with Gasteiger partial charge in [0.05, 0.1) is 16.7 Å². The van der Waals surface area contributed by atoms with E-state index in [1.165, 1.54) is 12.1 Å². The highest BCUT2D eigenvalue weighted by atomic mass is 32.1. The zero-order valence-electron chi connectivity index (χ0n) is 10.7. The molecule has 96 valence electrons. The summed E-state index contributed by atoms with van der Waals surface area (Å²) in [4.78, 5) is 3.15. The lowest BCUT2D eigenvalue weighted by atomic mass is 10.2. The Morgan fingerprint density at radius 3 is 2.58 bits per heavy atom. The van der Waals surface area contributed by atoms with E-state index in [1.807, 2.05) is 42.7 Å². The van der Waals surface area contributed by atoms with Crippen molar-refractivity contribution in [1.29, 1.82) is 0 Å². The Morgan fingerprint density at radius 1 is 1.05 bits per heavy atom. The van der Waals surface area contributed by atoms with E-state index in [-0.39, 0.29) is 5.82 Å². The van der Waals surface area contributed by atoms with Crippen molar-refractivity contribution < 1.29 is 4.39 Å². The molecule has 0 spiro atoms. The first-order chi connectivity index (χ1) is 9.04. The van der Waals surface area contributed by atoms with Crippen LogP contribution in [0, 0.1) is 24.4 Å². The Morgan fingerprint density at radius 2 is 1.84 bits per heavy atom. The fourth-order valence-corrected chi connectivity index (χ4v) is 2.63. The number of imidazole rings is 1. The summed E-state index contributed by atoms with van der Waals surface area (Å²) >= 11 is 5.35. The van der Waals surface area contributed by atoms with Crippen LogP contribution in [-0.4, -0.2) is 9.55 Å². The summed E-state index contributed by atoms with van der Waals surface area (Å²) in [5.41, 5.74) is 4.69. The number of benzene rings is 2. The van der Waals surface area contributed by atoms with E-state index in [0.717, 1.165) is 27.8 Å². The molecule has 0 aliphatic carbocycles. The molecule has 0 aliphatic heterocycles. The fraction of sp³-hybridized carbons (Fsp3) is 0.133. The molecule has 3 aromatic rings. The number of nitrogens with one attached hydrogen (secondary N) is 1. The lowest BCUT2D eigenvalue weighted by Gasteiger charge is -2.06. The van der Waals surface area contributed by atoms with Gasteiger partial charge in [0.2, 0.25) is 0 Å². The Bertz CT molecular complexity index is 810. The van der Waals surface area contributed by atoms with Crippen LogP contribution >= 0.6 is 12.2 Å². The second kappa shape index (κ2) is 4.31. The van der Waals surface area contributed by atoms with Gasteiger partial charge in [-0.2, -0.15) is 0 Å². The van der Waals surface area contributed by atoms with Crippen LogP contribution in [0.4, 0.5) is 4.39 Å². The number of nitrogens with zero attached hydrogens (tertiary/aromatic N) is 1. The molecule has 2 aromatic carbocycles. The number of aromatic nitrogens is 2. The van der Waals surface area contributed by atoms with Gasteiger partial charge in [0.25, 0.3) is 0 Å². The normalized spacial score (nSPS) is 11.1. The van der Waals surface area contributed by atoms with Crippen molar-refractivity contribution in [3.8, 4) is 5.69 Å². The van der Waals surface area contributed by atoms with Crippen LogP contribution in [0.3, 0.4) is 0 Å². The summed E-state index contributed by atoms with van der Waals surface area (Å²) in [6.07, 6.45) is 0. The molecule has 0 saturated carbocycles. The third kappa shape index (κ3) is 2.08. The average Bonchev–Trinajstić information content (AvgIpc) is 2.63. The molecule has 0 atom stereocenters. The molecule has 19 heavy (non-hydrogen) atoms. The first kappa shape index (κ1) is 12.1. The van der Waals surface area contributed by atoms with E-state index in [0.29, 0.717) is 4.77 Å². The van der Waals surface area contributed by atoms with Crippen molar-refractivity contribution in [1.82, 2.24) is 9.55 Å². The largest absolute Gasteiger partial charge is 0.330 e. The van der Waals surface area contributed by atoms with Gasteiger partial charge in [0, 0.05) is 0 Å². The van der Waals surface area contributed by atoms with Gasteiger partial charge in [0.1, 0.15) is 5.82 Å². The third-order valence-corrected chi connectivity index (χ3v) is 3.41. The van der Waals surface area contributed by atoms with Crippen LogP contribution in [0.2, 0.25) is 0 Å². The third-order valence-electron chi connectivity index (χ3n) is 3.12. The lowest BCUT2D eigenvalue weighted by Crippen LogP contribution is -1.96. The van der Waals surface area contributed by atoms with Crippen LogP contribution in [0.5, 0.6) is 0 Å². The molecule has 0 unspecified atom stereocenters. The summed E-state index contributed by atoms with van der Waals surface area (Å²) in [5.74, 6) is -0.251. The Hall–Kier alpha value is -1.94. The minimum Gasteiger partial charge on any atom is -0.330 e. The van der Waals surface area contributed by atoms with Gasteiger partial charge < -0.3 is 4.98 Å². The van der Waals surface area contributed by atoms with E-state index in [2.05, 4.69) is 4.98 Å². The molecule has 0 amide bonds. The second-order valence-corrected chi connectivity index (χ2v) is 5.16. The average molecular weight is 272 g/mol. The van der Waals surface area contributed by atoms with E-state index in [9.17, 15) is 4.39 Å². The maximum Gasteiger partial charge on any atom is 0.182 e. The molecular weight excluding hydrogens is 259 g/mol. The molecule has 0 radical (unpaired) electrons. The highest BCUT2D eigenvalue weighted by molar-refractivity contribution is 7.71. The maximum absolute atomic E-state index is 13.6. The number of hydrogen-bond acceptors (Lipinski definition) is 1. The molecule has 1 N–H and O–H groups in total. The van der Waals surface area contributed by atoms with Gasteiger partial charge in [-0.15, -0.1) is 0 Å². The van der Waals surface area contributed by atoms with Crippen LogP contribution in [0.25, 0.3) is 16.7 Å². The zero-order valence-corrected chi connectivity index (χ0v) is 11.5. The van der Waals surface area contributed by atoms with Gasteiger partial charge in [-0.25, -0.2) is 4.39 Å². The maximum atomic E-state index is 13.6. The van der Waals surface area contributed by atoms with Crippen LogP contribution < -0.4 is 0 Å². The molecule has 1 aromatic heterocycles. The number of rotatable bonds is 1. The van der Waals surface area contributed by atoms with Crippen molar-refractivity contribution in [2.24, 2.45) is 0 Å². The number of fused-ring (bicyclic) bond motifs is 1. The molecule has 2 nitrogen and oxygen atoms in total. The van der Waals surface area contributed by atoms with Crippen LogP contribution in [0.15, 0.2) is 36.4 Å². The topological polar surface area (TPSA) is 20.7 Å². The highest BCUT2D eigenvalue weighted by Crippen LogP contribution is 2.22. The molecule has 0 aliphatic rings. The van der Waals surface area contributed by atoms with Crippen molar-refractivity contribution in [2.45, 2.75) is 13.8 Å². The van der Waals surface area contributed by atoms with Crippen molar-refractivity contribution in [3.63, 3.8) is 0 Å². The predicted molar refractivity (Wildman–Crippen MR) is 77.9 cm³/mol. The smallest absolute Gasteiger partial charge is 0.182 e. The van der Waals surface area contributed by atoms with Gasteiger partial charge >= 0.3 is 0 Å². The van der Waals surface area contributed by atoms with Gasteiger partial charge in [-0.3, -0.25) is 4.57 Å². The van der Waals surface area contributed by atoms with Crippen molar-refractivity contribution in [2.75, 3.05) is 0 Å². The van der Waals surface area contributed by atoms with Crippen LogP contribution in [0.1, 0.15) is 11.1 Å². The van der Waals surface area contributed by atoms with E-state index in [4.69, 9.17) is 12.2 Å². The molecule has 0 saturated heterocycles. The van der Waals surface area contributed by atoms with Crippen molar-refractivity contribution >= 4 is 23.3 Å². The minimum atomic E-state index is -0.251. The molecular formula is C15H13FN2S. The highest BCUT2D eigenvalue weighted by Gasteiger charge is 2.08. The van der Waals surface area contributed by atoms with Gasteiger partial charge in [-0.05, 0) is 67.5 Å². The zero-order chi connectivity index (χ0) is 13.6. The first-order valence-corrected chi connectivity index (χ1v) is 6.44.